The molecule has 1 aromatic heterocycles. The Hall–Kier alpha value is -2.46. The molecular formula is C14H18N4O5S. The van der Waals surface area contributed by atoms with Crippen LogP contribution in [0.25, 0.3) is 0 Å². The number of benzene rings is 1. The molecule has 0 atom stereocenters. The van der Waals surface area contributed by atoms with Gasteiger partial charge in [-0.1, -0.05) is 18.2 Å². The van der Waals surface area contributed by atoms with Gasteiger partial charge in [0.25, 0.3) is 0 Å². The van der Waals surface area contributed by atoms with Gasteiger partial charge in [-0.05, 0) is 12.1 Å². The van der Waals surface area contributed by atoms with Crippen LogP contribution in [0.2, 0.25) is 0 Å². The fraction of sp³-hybridized carbons (Fsp3) is 0.357. The number of hydrogen-bond acceptors (Lipinski definition) is 8. The van der Waals surface area contributed by atoms with Gasteiger partial charge in [0.15, 0.2) is 5.82 Å². The molecule has 0 saturated heterocycles. The fourth-order valence-electron chi connectivity index (χ4n) is 1.67. The van der Waals surface area contributed by atoms with Crippen LogP contribution < -0.4 is 18.9 Å². The molecule has 130 valence electrons. The Labute approximate surface area is 140 Å². The van der Waals surface area contributed by atoms with Gasteiger partial charge in [0.05, 0.1) is 26.5 Å². The molecule has 0 bridgehead atoms. The lowest BCUT2D eigenvalue weighted by molar-refractivity contribution is 0.335. The minimum absolute atomic E-state index is 0.0309. The van der Waals surface area contributed by atoms with E-state index in [0.29, 0.717) is 5.75 Å². The topological polar surface area (TPSA) is 113 Å². The maximum atomic E-state index is 12.0. The van der Waals surface area contributed by atoms with Gasteiger partial charge in [-0.25, -0.2) is 13.1 Å². The van der Waals surface area contributed by atoms with E-state index in [0.717, 1.165) is 0 Å². The van der Waals surface area contributed by atoms with Crippen LogP contribution in [0, 0.1) is 0 Å². The van der Waals surface area contributed by atoms with E-state index >= 15 is 0 Å². The highest BCUT2D eigenvalue weighted by Gasteiger charge is 2.13. The molecular weight excluding hydrogens is 336 g/mol. The SMILES string of the molecule is COc1nc(CNS(=O)(=O)CCOc2ccccc2)nc(OC)n1. The van der Waals surface area contributed by atoms with Crippen LogP contribution in [0.5, 0.6) is 17.8 Å². The summed E-state index contributed by atoms with van der Waals surface area (Å²) >= 11 is 0. The summed E-state index contributed by atoms with van der Waals surface area (Å²) in [6, 6.07) is 9.06. The molecule has 0 aliphatic heterocycles. The molecule has 0 spiro atoms. The lowest BCUT2D eigenvalue weighted by atomic mass is 10.3. The molecule has 1 N–H and O–H groups in total. The molecule has 0 amide bonds. The second-order valence-corrected chi connectivity index (χ2v) is 6.45. The molecule has 2 aromatic rings. The third kappa shape index (κ3) is 5.63. The molecule has 1 aromatic carbocycles. The number of nitrogens with one attached hydrogen (secondary N) is 1. The Morgan fingerprint density at radius 3 is 2.21 bits per heavy atom. The van der Waals surface area contributed by atoms with Crippen LogP contribution in [-0.4, -0.2) is 49.9 Å². The maximum absolute atomic E-state index is 12.0. The molecule has 0 radical (unpaired) electrons. The largest absolute Gasteiger partial charge is 0.492 e. The Kier molecular flexibility index (Phi) is 6.27. The van der Waals surface area contributed by atoms with Gasteiger partial charge >= 0.3 is 12.0 Å². The minimum Gasteiger partial charge on any atom is -0.492 e. The predicted octanol–water partition coefficient (Wildman–Crippen LogP) is 0.387. The van der Waals surface area contributed by atoms with E-state index in [-0.39, 0.29) is 36.7 Å². The van der Waals surface area contributed by atoms with Crippen molar-refractivity contribution in [3.8, 4) is 17.8 Å². The molecule has 1 heterocycles. The van der Waals surface area contributed by atoms with Crippen LogP contribution in [0.3, 0.4) is 0 Å². The molecule has 24 heavy (non-hydrogen) atoms. The molecule has 0 aliphatic rings. The highest BCUT2D eigenvalue weighted by atomic mass is 32.2. The molecule has 0 saturated carbocycles. The van der Waals surface area contributed by atoms with E-state index in [1.54, 1.807) is 12.1 Å². The second kappa shape index (κ2) is 8.41. The number of sulfonamides is 1. The van der Waals surface area contributed by atoms with Crippen LogP contribution in [0.4, 0.5) is 0 Å². The molecule has 9 nitrogen and oxygen atoms in total. The quantitative estimate of drug-likeness (QED) is 0.688. The van der Waals surface area contributed by atoms with Gasteiger partial charge in [-0.15, -0.1) is 4.98 Å². The van der Waals surface area contributed by atoms with Crippen molar-refractivity contribution in [3.63, 3.8) is 0 Å². The second-order valence-electron chi connectivity index (χ2n) is 4.53. The fourth-order valence-corrected chi connectivity index (χ4v) is 2.47. The number of para-hydroxylation sites is 1. The van der Waals surface area contributed by atoms with Crippen molar-refractivity contribution in [2.75, 3.05) is 26.6 Å². The Bertz CT molecular complexity index is 733. The van der Waals surface area contributed by atoms with Crippen molar-refractivity contribution in [1.29, 1.82) is 0 Å². The Morgan fingerprint density at radius 1 is 1.00 bits per heavy atom. The summed E-state index contributed by atoms with van der Waals surface area (Å²) in [5.41, 5.74) is 0. The molecule has 0 aliphatic carbocycles. The smallest absolute Gasteiger partial charge is 0.322 e. The Morgan fingerprint density at radius 2 is 1.62 bits per heavy atom. The number of methoxy groups -OCH3 is 2. The zero-order chi connectivity index (χ0) is 17.4. The van der Waals surface area contributed by atoms with Crippen molar-refractivity contribution in [2.45, 2.75) is 6.54 Å². The van der Waals surface area contributed by atoms with Gasteiger partial charge in [0, 0.05) is 0 Å². The zero-order valence-electron chi connectivity index (χ0n) is 13.3. The molecule has 0 fully saturated rings. The number of rotatable bonds is 9. The van der Waals surface area contributed by atoms with Crippen molar-refractivity contribution >= 4 is 10.0 Å². The normalized spacial score (nSPS) is 11.1. The van der Waals surface area contributed by atoms with Gasteiger partial charge < -0.3 is 14.2 Å². The minimum atomic E-state index is -3.55. The third-order valence-electron chi connectivity index (χ3n) is 2.82. The van der Waals surface area contributed by atoms with Crippen LogP contribution in [0.15, 0.2) is 30.3 Å². The summed E-state index contributed by atoms with van der Waals surface area (Å²) in [4.78, 5) is 11.7. The van der Waals surface area contributed by atoms with Crippen molar-refractivity contribution in [3.05, 3.63) is 36.2 Å². The van der Waals surface area contributed by atoms with E-state index in [9.17, 15) is 8.42 Å². The summed E-state index contributed by atoms with van der Waals surface area (Å²) in [6.07, 6.45) is 0. The van der Waals surface area contributed by atoms with Crippen LogP contribution in [-0.2, 0) is 16.6 Å². The monoisotopic (exact) mass is 354 g/mol. The van der Waals surface area contributed by atoms with Crippen molar-refractivity contribution < 1.29 is 22.6 Å². The molecule has 10 heteroatoms. The first kappa shape index (κ1) is 17.9. The van der Waals surface area contributed by atoms with E-state index in [4.69, 9.17) is 14.2 Å². The number of nitrogens with zero attached hydrogens (tertiary/aromatic N) is 3. The molecule has 0 unspecified atom stereocenters. The zero-order valence-corrected chi connectivity index (χ0v) is 14.1. The highest BCUT2D eigenvalue weighted by molar-refractivity contribution is 7.89. The number of aromatic nitrogens is 3. The summed E-state index contributed by atoms with van der Waals surface area (Å²) in [5.74, 6) is 0.604. The summed E-state index contributed by atoms with van der Waals surface area (Å²) in [5, 5.41) is 0. The van der Waals surface area contributed by atoms with Crippen LogP contribution >= 0.6 is 0 Å². The number of ether oxygens (including phenoxy) is 3. The van der Waals surface area contributed by atoms with Gasteiger partial charge in [-0.3, -0.25) is 0 Å². The van der Waals surface area contributed by atoms with Crippen LogP contribution in [0.1, 0.15) is 5.82 Å². The van der Waals surface area contributed by atoms with E-state index in [1.807, 2.05) is 18.2 Å². The average Bonchev–Trinajstić information content (AvgIpc) is 2.60. The van der Waals surface area contributed by atoms with E-state index < -0.39 is 10.0 Å². The number of hydrogen-bond donors (Lipinski definition) is 1. The third-order valence-corrected chi connectivity index (χ3v) is 4.11. The maximum Gasteiger partial charge on any atom is 0.322 e. The van der Waals surface area contributed by atoms with Crippen molar-refractivity contribution in [1.82, 2.24) is 19.7 Å². The first-order valence-electron chi connectivity index (χ1n) is 7.00. The summed E-state index contributed by atoms with van der Waals surface area (Å²) in [7, 11) is -0.761. The van der Waals surface area contributed by atoms with E-state index in [1.165, 1.54) is 14.2 Å². The Balaban J connectivity index is 1.88. The highest BCUT2D eigenvalue weighted by Crippen LogP contribution is 2.09. The van der Waals surface area contributed by atoms with Gasteiger partial charge in [-0.2, -0.15) is 9.97 Å². The summed E-state index contributed by atoms with van der Waals surface area (Å²) < 4.78 is 41.5. The predicted molar refractivity (Wildman–Crippen MR) is 85.5 cm³/mol. The average molecular weight is 354 g/mol. The lowest BCUT2D eigenvalue weighted by Crippen LogP contribution is -2.29. The first-order chi connectivity index (χ1) is 11.5. The van der Waals surface area contributed by atoms with Gasteiger partial charge in [0.2, 0.25) is 10.0 Å². The van der Waals surface area contributed by atoms with Crippen molar-refractivity contribution in [2.24, 2.45) is 0 Å². The first-order valence-corrected chi connectivity index (χ1v) is 8.66. The summed E-state index contributed by atoms with van der Waals surface area (Å²) in [6.45, 7) is -0.0773. The molecule has 2 rings (SSSR count). The lowest BCUT2D eigenvalue weighted by Gasteiger charge is -2.09. The van der Waals surface area contributed by atoms with E-state index in [2.05, 4.69) is 19.7 Å². The van der Waals surface area contributed by atoms with Gasteiger partial charge in [0.1, 0.15) is 12.4 Å². The standard InChI is InChI=1S/C14H18N4O5S/c1-21-13-16-12(17-14(18-13)22-2)10-15-24(19,20)9-8-23-11-6-4-3-5-7-11/h3-7,15H,8-10H2,1-2H3.